The van der Waals surface area contributed by atoms with Crippen LogP contribution >= 0.6 is 0 Å². The van der Waals surface area contributed by atoms with Crippen molar-refractivity contribution in [3.8, 4) is 0 Å². The van der Waals surface area contributed by atoms with Crippen molar-refractivity contribution in [2.24, 2.45) is 0 Å². The van der Waals surface area contributed by atoms with Gasteiger partial charge < -0.3 is 4.74 Å². The minimum atomic E-state index is -3.98. The third kappa shape index (κ3) is 2.41. The van der Waals surface area contributed by atoms with Crippen molar-refractivity contribution >= 4 is 10.1 Å². The van der Waals surface area contributed by atoms with E-state index in [1.165, 1.54) is 0 Å². The summed E-state index contributed by atoms with van der Waals surface area (Å²) < 4.78 is 38.2. The van der Waals surface area contributed by atoms with Crippen LogP contribution in [0.4, 0.5) is 0 Å². The first-order valence-corrected chi connectivity index (χ1v) is 7.65. The van der Waals surface area contributed by atoms with Crippen LogP contribution in [0.1, 0.15) is 51.4 Å². The molecule has 0 aromatic rings. The molecule has 0 bridgehead atoms. The fourth-order valence-electron chi connectivity index (χ4n) is 3.10. The Bertz CT molecular complexity index is 330. The molecule has 0 amide bonds. The third-order valence-electron chi connectivity index (χ3n) is 3.90. The molecule has 0 aromatic heterocycles. The molecule has 1 saturated carbocycles. The standard InChI is InChI=1S/C11H20O4S/c12-16(13,14)10-6-2-5-9-15-11(10)7-3-1-4-8-11/h10H,1-9H2,(H,12,13,14). The highest BCUT2D eigenvalue weighted by Crippen LogP contribution is 2.40. The average molecular weight is 248 g/mol. The molecule has 94 valence electrons. The smallest absolute Gasteiger partial charge is 0.270 e. The molecule has 0 aromatic carbocycles. The second-order valence-electron chi connectivity index (χ2n) is 4.97. The number of hydrogen-bond donors (Lipinski definition) is 1. The van der Waals surface area contributed by atoms with Gasteiger partial charge in [0.15, 0.2) is 0 Å². The molecule has 1 heterocycles. The van der Waals surface area contributed by atoms with Crippen LogP contribution in [0.15, 0.2) is 0 Å². The first kappa shape index (κ1) is 12.3. The molecule has 1 atom stereocenters. The Labute approximate surface area is 97.1 Å². The summed E-state index contributed by atoms with van der Waals surface area (Å²) in [5.41, 5.74) is -0.595. The van der Waals surface area contributed by atoms with Crippen molar-refractivity contribution in [3.63, 3.8) is 0 Å². The monoisotopic (exact) mass is 248 g/mol. The van der Waals surface area contributed by atoms with E-state index in [1.54, 1.807) is 0 Å². The van der Waals surface area contributed by atoms with Crippen molar-refractivity contribution in [2.75, 3.05) is 6.61 Å². The molecule has 4 nitrogen and oxygen atoms in total. The van der Waals surface area contributed by atoms with Crippen LogP contribution in [0.2, 0.25) is 0 Å². The molecule has 0 radical (unpaired) electrons. The Balaban J connectivity index is 2.28. The van der Waals surface area contributed by atoms with E-state index in [4.69, 9.17) is 4.74 Å². The van der Waals surface area contributed by atoms with Crippen molar-refractivity contribution in [3.05, 3.63) is 0 Å². The van der Waals surface area contributed by atoms with Crippen molar-refractivity contribution in [1.29, 1.82) is 0 Å². The number of rotatable bonds is 1. The number of ether oxygens (including phenoxy) is 1. The van der Waals surface area contributed by atoms with Gasteiger partial charge in [0, 0.05) is 6.61 Å². The van der Waals surface area contributed by atoms with E-state index in [9.17, 15) is 13.0 Å². The molecule has 2 rings (SSSR count). The molecule has 1 spiro atoms. The highest BCUT2D eigenvalue weighted by atomic mass is 32.2. The van der Waals surface area contributed by atoms with Crippen LogP contribution < -0.4 is 0 Å². The molecular weight excluding hydrogens is 228 g/mol. The summed E-state index contributed by atoms with van der Waals surface area (Å²) in [5, 5.41) is -0.706. The van der Waals surface area contributed by atoms with Gasteiger partial charge in [-0.05, 0) is 32.1 Å². The second kappa shape index (κ2) is 4.63. The largest absolute Gasteiger partial charge is 0.374 e. The van der Waals surface area contributed by atoms with Crippen LogP contribution in [-0.4, -0.2) is 30.4 Å². The molecule has 1 unspecified atom stereocenters. The molecule has 1 N–H and O–H groups in total. The van der Waals surface area contributed by atoms with Crippen LogP contribution in [-0.2, 0) is 14.9 Å². The zero-order valence-corrected chi connectivity index (χ0v) is 10.3. The highest BCUT2D eigenvalue weighted by molar-refractivity contribution is 7.86. The summed E-state index contributed by atoms with van der Waals surface area (Å²) in [4.78, 5) is 0. The molecule has 1 aliphatic carbocycles. The van der Waals surface area contributed by atoms with Gasteiger partial charge >= 0.3 is 0 Å². The molecule has 2 fully saturated rings. The molecule has 16 heavy (non-hydrogen) atoms. The van der Waals surface area contributed by atoms with Gasteiger partial charge in [-0.15, -0.1) is 0 Å². The van der Waals surface area contributed by atoms with Crippen LogP contribution in [0.3, 0.4) is 0 Å². The lowest BCUT2D eigenvalue weighted by molar-refractivity contribution is -0.0654. The summed E-state index contributed by atoms with van der Waals surface area (Å²) in [6.45, 7) is 0.631. The Morgan fingerprint density at radius 1 is 1.06 bits per heavy atom. The summed E-state index contributed by atoms with van der Waals surface area (Å²) in [7, 11) is -3.98. The first-order valence-electron chi connectivity index (χ1n) is 6.15. The zero-order valence-electron chi connectivity index (χ0n) is 9.52. The van der Waals surface area contributed by atoms with Gasteiger partial charge in [-0.1, -0.05) is 19.3 Å². The van der Waals surface area contributed by atoms with E-state index in [0.29, 0.717) is 13.0 Å². The molecule has 2 aliphatic rings. The minimum Gasteiger partial charge on any atom is -0.374 e. The third-order valence-corrected chi connectivity index (χ3v) is 5.28. The summed E-state index contributed by atoms with van der Waals surface area (Å²) in [5.74, 6) is 0. The van der Waals surface area contributed by atoms with E-state index in [-0.39, 0.29) is 0 Å². The first-order chi connectivity index (χ1) is 7.55. The Morgan fingerprint density at radius 2 is 1.75 bits per heavy atom. The van der Waals surface area contributed by atoms with Gasteiger partial charge in [0.2, 0.25) is 0 Å². The maximum absolute atomic E-state index is 11.5. The highest BCUT2D eigenvalue weighted by Gasteiger charge is 2.47. The van der Waals surface area contributed by atoms with Gasteiger partial charge in [-0.3, -0.25) is 4.55 Å². The lowest BCUT2D eigenvalue weighted by atomic mass is 9.81. The predicted molar refractivity (Wildman–Crippen MR) is 61.0 cm³/mol. The van der Waals surface area contributed by atoms with E-state index in [1.807, 2.05) is 0 Å². The fourth-order valence-corrected chi connectivity index (χ4v) is 4.41. The van der Waals surface area contributed by atoms with Crippen LogP contribution in [0, 0.1) is 0 Å². The van der Waals surface area contributed by atoms with E-state index >= 15 is 0 Å². The second-order valence-corrected chi connectivity index (χ2v) is 6.57. The summed E-state index contributed by atoms with van der Waals surface area (Å²) >= 11 is 0. The predicted octanol–water partition coefficient (Wildman–Crippen LogP) is 2.15. The van der Waals surface area contributed by atoms with E-state index in [2.05, 4.69) is 0 Å². The van der Waals surface area contributed by atoms with Gasteiger partial charge in [0.05, 0.1) is 5.60 Å². The molecular formula is C11H20O4S. The molecule has 1 saturated heterocycles. The van der Waals surface area contributed by atoms with E-state index in [0.717, 1.165) is 44.9 Å². The number of hydrogen-bond acceptors (Lipinski definition) is 3. The van der Waals surface area contributed by atoms with Crippen molar-refractivity contribution in [1.82, 2.24) is 0 Å². The minimum absolute atomic E-state index is 0.541. The maximum Gasteiger partial charge on any atom is 0.270 e. The zero-order chi connectivity index (χ0) is 11.6. The van der Waals surface area contributed by atoms with E-state index < -0.39 is 21.0 Å². The maximum atomic E-state index is 11.5. The van der Waals surface area contributed by atoms with Crippen LogP contribution in [0.25, 0.3) is 0 Å². The van der Waals surface area contributed by atoms with Gasteiger partial charge in [-0.2, -0.15) is 8.42 Å². The lowest BCUT2D eigenvalue weighted by Crippen LogP contribution is -2.49. The van der Waals surface area contributed by atoms with Gasteiger partial charge in [-0.25, -0.2) is 0 Å². The average Bonchev–Trinajstić information content (AvgIpc) is 2.41. The normalized spacial score (nSPS) is 31.2. The topological polar surface area (TPSA) is 63.6 Å². The van der Waals surface area contributed by atoms with Gasteiger partial charge in [0.1, 0.15) is 5.25 Å². The van der Waals surface area contributed by atoms with Crippen molar-refractivity contribution in [2.45, 2.75) is 62.2 Å². The lowest BCUT2D eigenvalue weighted by Gasteiger charge is -2.40. The van der Waals surface area contributed by atoms with Crippen LogP contribution in [0.5, 0.6) is 0 Å². The summed E-state index contributed by atoms with van der Waals surface area (Å²) in [6, 6.07) is 0. The Kier molecular flexibility index (Phi) is 3.56. The fraction of sp³-hybridized carbons (Fsp3) is 1.00. The molecule has 5 heteroatoms. The Hall–Kier alpha value is -0.130. The molecule has 1 aliphatic heterocycles. The van der Waals surface area contributed by atoms with Gasteiger partial charge in [0.25, 0.3) is 10.1 Å². The summed E-state index contributed by atoms with van der Waals surface area (Å²) in [6.07, 6.45) is 6.97. The quantitative estimate of drug-likeness (QED) is 0.722. The SMILES string of the molecule is O=S(=O)(O)C1CCCCOC12CCCCC2. The van der Waals surface area contributed by atoms with Crippen molar-refractivity contribution < 1.29 is 17.7 Å². The Morgan fingerprint density at radius 3 is 2.38 bits per heavy atom.